The van der Waals surface area contributed by atoms with Crippen LogP contribution in [0.15, 0.2) is 47.4 Å². The average Bonchev–Trinajstić information content (AvgIpc) is 3.22. The van der Waals surface area contributed by atoms with Gasteiger partial charge in [0, 0.05) is 37.3 Å². The van der Waals surface area contributed by atoms with Crippen LogP contribution < -0.4 is 0 Å². The van der Waals surface area contributed by atoms with Gasteiger partial charge in [-0.2, -0.15) is 10.1 Å². The number of nitrogens with one attached hydrogen (secondary N) is 1. The fourth-order valence-corrected chi connectivity index (χ4v) is 3.95. The van der Waals surface area contributed by atoms with E-state index in [1.807, 2.05) is 25.4 Å². The highest BCUT2D eigenvalue weighted by Crippen LogP contribution is 2.39. The third-order valence-corrected chi connectivity index (χ3v) is 5.97. The number of aromatic nitrogens is 7. The van der Waals surface area contributed by atoms with Crippen molar-refractivity contribution in [2.75, 3.05) is 0 Å². The molecule has 1 saturated carbocycles. The van der Waals surface area contributed by atoms with E-state index in [2.05, 4.69) is 30.2 Å². The molecule has 4 aromatic heterocycles. The van der Waals surface area contributed by atoms with Crippen LogP contribution in [-0.2, 0) is 13.5 Å². The van der Waals surface area contributed by atoms with Crippen molar-refractivity contribution >= 4 is 16.9 Å². The van der Waals surface area contributed by atoms with Gasteiger partial charge in [-0.1, -0.05) is 17.3 Å². The normalized spacial score (nSPS) is 13.6. The van der Waals surface area contributed by atoms with Crippen LogP contribution in [0.5, 0.6) is 0 Å². The lowest BCUT2D eigenvalue weighted by Gasteiger charge is -2.07. The molecular formula is C24H20FN7O2. The maximum Gasteiger partial charge on any atom is 0.238 e. The lowest BCUT2D eigenvalue weighted by atomic mass is 10.0. The van der Waals surface area contributed by atoms with E-state index >= 15 is 0 Å². The number of benzene rings is 1. The summed E-state index contributed by atoms with van der Waals surface area (Å²) in [6.07, 6.45) is 7.61. The SMILES string of the molecule is Cn1cc(-c2nc3nccc(-c4ccc(CCC(=O)c5noc(C6CC6)n5)c(F)c4)c3[nH]2)cn1. The summed E-state index contributed by atoms with van der Waals surface area (Å²) in [5, 5.41) is 7.95. The molecule has 1 aromatic carbocycles. The molecule has 0 unspecified atom stereocenters. The Bertz CT molecular complexity index is 1530. The fraction of sp³-hybridized carbons (Fsp3) is 0.250. The number of imidazole rings is 1. The van der Waals surface area contributed by atoms with E-state index in [0.29, 0.717) is 34.0 Å². The van der Waals surface area contributed by atoms with E-state index in [-0.39, 0.29) is 36.2 Å². The third kappa shape index (κ3) is 3.76. The summed E-state index contributed by atoms with van der Waals surface area (Å²) in [5.74, 6) is 0.887. The van der Waals surface area contributed by atoms with E-state index in [4.69, 9.17) is 4.52 Å². The van der Waals surface area contributed by atoms with E-state index in [1.54, 1.807) is 23.1 Å². The summed E-state index contributed by atoms with van der Waals surface area (Å²) >= 11 is 0. The van der Waals surface area contributed by atoms with Gasteiger partial charge in [0.1, 0.15) is 11.6 Å². The molecule has 6 rings (SSSR count). The van der Waals surface area contributed by atoms with Crippen LogP contribution in [-0.4, -0.2) is 40.7 Å². The first-order chi connectivity index (χ1) is 16.5. The zero-order valence-electron chi connectivity index (χ0n) is 18.3. The molecule has 0 saturated heterocycles. The quantitative estimate of drug-likeness (QED) is 0.363. The molecule has 1 fully saturated rings. The molecule has 170 valence electrons. The van der Waals surface area contributed by atoms with E-state index < -0.39 is 0 Å². The fourth-order valence-electron chi connectivity index (χ4n) is 3.95. The van der Waals surface area contributed by atoms with Crippen LogP contribution in [0, 0.1) is 5.82 Å². The minimum atomic E-state index is -0.381. The van der Waals surface area contributed by atoms with Crippen molar-refractivity contribution in [3.05, 3.63) is 66.0 Å². The summed E-state index contributed by atoms with van der Waals surface area (Å²) in [6.45, 7) is 0. The van der Waals surface area contributed by atoms with Crippen LogP contribution in [0.1, 0.15) is 47.3 Å². The van der Waals surface area contributed by atoms with Crippen molar-refractivity contribution in [2.24, 2.45) is 7.05 Å². The van der Waals surface area contributed by atoms with Crippen LogP contribution in [0.3, 0.4) is 0 Å². The number of rotatable bonds is 7. The van der Waals surface area contributed by atoms with Crippen LogP contribution >= 0.6 is 0 Å². The predicted octanol–water partition coefficient (Wildman–Crippen LogP) is 4.24. The van der Waals surface area contributed by atoms with Gasteiger partial charge in [0.05, 0.1) is 17.3 Å². The predicted molar refractivity (Wildman–Crippen MR) is 120 cm³/mol. The van der Waals surface area contributed by atoms with Crippen LogP contribution in [0.4, 0.5) is 4.39 Å². The van der Waals surface area contributed by atoms with Gasteiger partial charge in [-0.15, -0.1) is 0 Å². The molecule has 0 atom stereocenters. The van der Waals surface area contributed by atoms with Gasteiger partial charge in [-0.3, -0.25) is 9.48 Å². The standard InChI is InChI=1S/C24H20FN7O2/c1-32-12-16(11-27-32)21-28-20-17(8-9-26-23(20)29-21)15-5-2-13(18(25)10-15)6-7-19(33)22-30-24(34-31-22)14-3-4-14/h2,5,8-12,14H,3-4,6-7H2,1H3,(H,26,28,29). The highest BCUT2D eigenvalue weighted by atomic mass is 19.1. The largest absolute Gasteiger partial charge is 0.339 e. The number of ketones is 1. The summed E-state index contributed by atoms with van der Waals surface area (Å²) in [7, 11) is 1.83. The minimum absolute atomic E-state index is 0.0711. The number of aryl methyl sites for hydroxylation is 2. The van der Waals surface area contributed by atoms with Gasteiger partial charge < -0.3 is 9.51 Å². The Kier molecular flexibility index (Phi) is 4.79. The minimum Gasteiger partial charge on any atom is -0.339 e. The molecule has 1 aliphatic carbocycles. The Morgan fingerprint density at radius 3 is 2.88 bits per heavy atom. The summed E-state index contributed by atoms with van der Waals surface area (Å²) in [5.41, 5.74) is 4.02. The van der Waals surface area contributed by atoms with E-state index in [9.17, 15) is 9.18 Å². The Morgan fingerprint density at radius 1 is 1.24 bits per heavy atom. The second-order valence-corrected chi connectivity index (χ2v) is 8.51. The van der Waals surface area contributed by atoms with Crippen molar-refractivity contribution in [3.8, 4) is 22.5 Å². The highest BCUT2D eigenvalue weighted by Gasteiger charge is 2.30. The van der Waals surface area contributed by atoms with Crippen LogP contribution in [0.25, 0.3) is 33.7 Å². The molecule has 0 amide bonds. The van der Waals surface area contributed by atoms with Gasteiger partial charge in [-0.05, 0) is 42.5 Å². The molecule has 34 heavy (non-hydrogen) atoms. The van der Waals surface area contributed by atoms with Gasteiger partial charge in [0.25, 0.3) is 0 Å². The second-order valence-electron chi connectivity index (χ2n) is 8.51. The van der Waals surface area contributed by atoms with E-state index in [0.717, 1.165) is 24.0 Å². The average molecular weight is 457 g/mol. The van der Waals surface area contributed by atoms with Gasteiger partial charge in [-0.25, -0.2) is 14.4 Å². The number of hydrogen-bond donors (Lipinski definition) is 1. The van der Waals surface area contributed by atoms with Crippen molar-refractivity contribution < 1.29 is 13.7 Å². The number of nitrogens with zero attached hydrogens (tertiary/aromatic N) is 6. The van der Waals surface area contributed by atoms with Crippen LogP contribution in [0.2, 0.25) is 0 Å². The molecule has 5 aromatic rings. The lowest BCUT2D eigenvalue weighted by molar-refractivity contribution is 0.0969. The van der Waals surface area contributed by atoms with Gasteiger partial charge in [0.15, 0.2) is 5.65 Å². The maximum absolute atomic E-state index is 15.0. The monoisotopic (exact) mass is 457 g/mol. The molecule has 0 spiro atoms. The Hall–Kier alpha value is -4.21. The number of carbonyl (C=O) groups excluding carboxylic acids is 1. The zero-order valence-corrected chi connectivity index (χ0v) is 18.3. The molecular weight excluding hydrogens is 437 g/mol. The smallest absolute Gasteiger partial charge is 0.238 e. The number of fused-ring (bicyclic) bond motifs is 1. The maximum atomic E-state index is 15.0. The van der Waals surface area contributed by atoms with E-state index in [1.165, 1.54) is 6.07 Å². The van der Waals surface area contributed by atoms with Crippen molar-refractivity contribution in [1.82, 2.24) is 34.9 Å². The number of hydrogen-bond acceptors (Lipinski definition) is 7. The first kappa shape index (κ1) is 20.4. The number of halogens is 1. The Balaban J connectivity index is 1.22. The number of aromatic amines is 1. The first-order valence-corrected chi connectivity index (χ1v) is 11.0. The molecule has 4 heterocycles. The summed E-state index contributed by atoms with van der Waals surface area (Å²) in [6, 6.07) is 6.83. The van der Waals surface area contributed by atoms with Crippen molar-refractivity contribution in [3.63, 3.8) is 0 Å². The number of H-pyrrole nitrogens is 1. The summed E-state index contributed by atoms with van der Waals surface area (Å²) < 4.78 is 21.8. The highest BCUT2D eigenvalue weighted by molar-refractivity contribution is 5.93. The Morgan fingerprint density at radius 2 is 2.12 bits per heavy atom. The Labute approximate surface area is 193 Å². The molecule has 0 radical (unpaired) electrons. The molecule has 10 heteroatoms. The number of Topliss-reactive ketones (excluding diaryl/α,β-unsaturated/α-hetero) is 1. The first-order valence-electron chi connectivity index (χ1n) is 11.0. The second kappa shape index (κ2) is 7.98. The topological polar surface area (TPSA) is 115 Å². The summed E-state index contributed by atoms with van der Waals surface area (Å²) in [4.78, 5) is 28.7. The van der Waals surface area contributed by atoms with Crippen molar-refractivity contribution in [1.29, 1.82) is 0 Å². The lowest BCUT2D eigenvalue weighted by Crippen LogP contribution is -2.04. The molecule has 1 aliphatic rings. The molecule has 9 nitrogen and oxygen atoms in total. The van der Waals surface area contributed by atoms with Gasteiger partial charge in [0.2, 0.25) is 17.5 Å². The zero-order chi connectivity index (χ0) is 23.2. The molecule has 0 aliphatic heterocycles. The third-order valence-electron chi connectivity index (χ3n) is 5.97. The van der Waals surface area contributed by atoms with Crippen molar-refractivity contribution in [2.45, 2.75) is 31.6 Å². The number of pyridine rings is 1. The van der Waals surface area contributed by atoms with Gasteiger partial charge >= 0.3 is 0 Å². The molecule has 1 N–H and O–H groups in total. The number of carbonyl (C=O) groups is 1. The molecule has 0 bridgehead atoms.